The number of phenolic OH excluding ortho intramolecular Hbond substituents is 1. The molecule has 0 unspecified atom stereocenters. The third-order valence-electron chi connectivity index (χ3n) is 0.756. The Morgan fingerprint density at radius 1 is 1.14 bits per heavy atom. The van der Waals surface area contributed by atoms with E-state index >= 15 is 0 Å². The van der Waals surface area contributed by atoms with Gasteiger partial charge in [-0.15, -0.1) is 0 Å². The van der Waals surface area contributed by atoms with Crippen molar-refractivity contribution in [2.24, 2.45) is 5.73 Å². The summed E-state index contributed by atoms with van der Waals surface area (Å²) in [5.41, 5.74) is 4.50. The first-order chi connectivity index (χ1) is 6.39. The van der Waals surface area contributed by atoms with Crippen LogP contribution in [-0.4, -0.2) is 29.7 Å². The predicted octanol–water partition coefficient (Wildman–Crippen LogP) is -0.371. The van der Waals surface area contributed by atoms with E-state index in [2.05, 4.69) is 5.73 Å². The SMILES string of the molecule is CN.O=S(=O)([O-])[O-].Oc1ccccc1. The second kappa shape index (κ2) is 8.45. The lowest BCUT2D eigenvalue weighted by Crippen LogP contribution is -1.91. The number of benzene rings is 1. The Bertz CT molecular complexity index is 302. The van der Waals surface area contributed by atoms with E-state index < -0.39 is 10.4 Å². The number of nitrogens with two attached hydrogens (primary N) is 1. The van der Waals surface area contributed by atoms with Crippen molar-refractivity contribution in [3.05, 3.63) is 30.3 Å². The van der Waals surface area contributed by atoms with E-state index in [9.17, 15) is 0 Å². The molecule has 0 saturated carbocycles. The van der Waals surface area contributed by atoms with Crippen LogP contribution in [0.2, 0.25) is 0 Å². The average molecular weight is 221 g/mol. The largest absolute Gasteiger partial charge is 0.759 e. The Labute approximate surface area is 82.6 Å². The summed E-state index contributed by atoms with van der Waals surface area (Å²) in [4.78, 5) is 0. The normalized spacial score (nSPS) is 8.86. The van der Waals surface area contributed by atoms with Crippen LogP contribution >= 0.6 is 0 Å². The molecule has 1 aromatic rings. The highest BCUT2D eigenvalue weighted by atomic mass is 32.3. The van der Waals surface area contributed by atoms with Crippen molar-refractivity contribution in [2.45, 2.75) is 0 Å². The zero-order valence-electron chi connectivity index (χ0n) is 7.45. The molecule has 14 heavy (non-hydrogen) atoms. The zero-order valence-corrected chi connectivity index (χ0v) is 8.27. The van der Waals surface area contributed by atoms with E-state index in [4.69, 9.17) is 22.6 Å². The van der Waals surface area contributed by atoms with Crippen LogP contribution in [0.3, 0.4) is 0 Å². The first-order valence-corrected chi connectivity index (χ1v) is 4.71. The second-order valence-corrected chi connectivity index (χ2v) is 2.56. The molecule has 1 rings (SSSR count). The topological polar surface area (TPSA) is 127 Å². The minimum absolute atomic E-state index is 0.322. The molecule has 6 nitrogen and oxygen atoms in total. The lowest BCUT2D eigenvalue weighted by molar-refractivity contribution is 0.352. The quantitative estimate of drug-likeness (QED) is 0.454. The van der Waals surface area contributed by atoms with Gasteiger partial charge in [-0.1, -0.05) is 18.2 Å². The fraction of sp³-hybridized carbons (Fsp3) is 0.143. The van der Waals surface area contributed by atoms with Gasteiger partial charge in [0.1, 0.15) is 5.75 Å². The molecule has 0 fully saturated rings. The molecule has 7 heteroatoms. The first-order valence-electron chi connectivity index (χ1n) is 3.38. The van der Waals surface area contributed by atoms with Crippen molar-refractivity contribution >= 4 is 10.4 Å². The highest BCUT2D eigenvalue weighted by Crippen LogP contribution is 2.02. The molecule has 0 aliphatic heterocycles. The van der Waals surface area contributed by atoms with E-state index in [1.54, 1.807) is 24.3 Å². The molecule has 0 saturated heterocycles. The third kappa shape index (κ3) is 22.4. The number of aromatic hydroxyl groups is 1. The lowest BCUT2D eigenvalue weighted by atomic mass is 10.3. The van der Waals surface area contributed by atoms with Crippen molar-refractivity contribution in [3.63, 3.8) is 0 Å². The van der Waals surface area contributed by atoms with Gasteiger partial charge in [-0.2, -0.15) is 0 Å². The molecule has 0 aromatic heterocycles. The summed E-state index contributed by atoms with van der Waals surface area (Å²) in [5, 5.41) is 8.63. The van der Waals surface area contributed by atoms with Crippen LogP contribution in [-0.2, 0) is 10.4 Å². The van der Waals surface area contributed by atoms with Gasteiger partial charge in [0, 0.05) is 10.4 Å². The molecule has 0 heterocycles. The Morgan fingerprint density at radius 2 is 1.43 bits per heavy atom. The molecule has 0 radical (unpaired) electrons. The van der Waals surface area contributed by atoms with Gasteiger partial charge in [0.05, 0.1) is 0 Å². The molecule has 0 bridgehead atoms. The second-order valence-electron chi connectivity index (χ2n) is 1.74. The van der Waals surface area contributed by atoms with Gasteiger partial charge in [0.2, 0.25) is 0 Å². The van der Waals surface area contributed by atoms with Crippen LogP contribution in [0.4, 0.5) is 0 Å². The van der Waals surface area contributed by atoms with Crippen molar-refractivity contribution in [1.29, 1.82) is 0 Å². The Kier molecular flexibility index (Phi) is 9.25. The van der Waals surface area contributed by atoms with Crippen LogP contribution in [0, 0.1) is 0 Å². The summed E-state index contributed by atoms with van der Waals surface area (Å²) < 4.78 is 34.1. The van der Waals surface area contributed by atoms with Gasteiger partial charge >= 0.3 is 0 Å². The fourth-order valence-corrected chi connectivity index (χ4v) is 0.428. The van der Waals surface area contributed by atoms with E-state index in [1.165, 1.54) is 7.05 Å². The molecule has 0 atom stereocenters. The van der Waals surface area contributed by atoms with Crippen molar-refractivity contribution < 1.29 is 22.6 Å². The van der Waals surface area contributed by atoms with Gasteiger partial charge in [0.15, 0.2) is 0 Å². The number of phenols is 1. The maximum absolute atomic E-state index is 8.63. The van der Waals surface area contributed by atoms with E-state index in [1.807, 2.05) is 6.07 Å². The molecule has 0 aliphatic carbocycles. The summed E-state index contributed by atoms with van der Waals surface area (Å²) in [6.45, 7) is 0. The number of para-hydroxylation sites is 1. The monoisotopic (exact) mass is 221 g/mol. The van der Waals surface area contributed by atoms with Crippen LogP contribution in [0.15, 0.2) is 30.3 Å². The summed E-state index contributed by atoms with van der Waals surface area (Å²) in [6.07, 6.45) is 0. The van der Waals surface area contributed by atoms with Gasteiger partial charge in [-0.25, -0.2) is 0 Å². The highest BCUT2D eigenvalue weighted by molar-refractivity contribution is 7.79. The minimum Gasteiger partial charge on any atom is -0.759 e. The lowest BCUT2D eigenvalue weighted by Gasteiger charge is -2.06. The summed E-state index contributed by atoms with van der Waals surface area (Å²) >= 11 is 0. The van der Waals surface area contributed by atoms with Crippen molar-refractivity contribution in [1.82, 2.24) is 0 Å². The smallest absolute Gasteiger partial charge is 0.115 e. The summed E-state index contributed by atoms with van der Waals surface area (Å²) in [7, 11) is -3.67. The predicted molar refractivity (Wildman–Crippen MR) is 48.7 cm³/mol. The molecule has 82 valence electrons. The molecular weight excluding hydrogens is 210 g/mol. The maximum atomic E-state index is 8.63. The molecule has 1 aromatic carbocycles. The number of hydrogen-bond acceptors (Lipinski definition) is 6. The van der Waals surface area contributed by atoms with Gasteiger partial charge in [-0.3, -0.25) is 8.42 Å². The molecule has 0 spiro atoms. The van der Waals surface area contributed by atoms with Crippen molar-refractivity contribution in [3.8, 4) is 5.75 Å². The molecular formula is C7H11NO5S-2. The summed E-state index contributed by atoms with van der Waals surface area (Å²) in [6, 6.07) is 8.71. The standard InChI is InChI=1S/C6H6O.CH5N.H2O4S/c7-6-4-2-1-3-5-6;1-2;1-5(2,3)4/h1-5,7H;2H2,1H3;(H2,1,2,3,4)/p-2. The highest BCUT2D eigenvalue weighted by Gasteiger charge is 1.74. The van der Waals surface area contributed by atoms with E-state index in [0.29, 0.717) is 5.75 Å². The Morgan fingerprint density at radius 3 is 1.57 bits per heavy atom. The molecule has 3 N–H and O–H groups in total. The fourth-order valence-electron chi connectivity index (χ4n) is 0.428. The van der Waals surface area contributed by atoms with Gasteiger partial charge in [-0.05, 0) is 19.2 Å². The Hall–Kier alpha value is -1.15. The average Bonchev–Trinajstić information content (AvgIpc) is 2.06. The zero-order chi connectivity index (χ0) is 11.6. The van der Waals surface area contributed by atoms with Gasteiger partial charge < -0.3 is 19.9 Å². The van der Waals surface area contributed by atoms with Crippen LogP contribution < -0.4 is 5.73 Å². The maximum Gasteiger partial charge on any atom is 0.115 e. The number of rotatable bonds is 0. The van der Waals surface area contributed by atoms with E-state index in [-0.39, 0.29) is 0 Å². The van der Waals surface area contributed by atoms with E-state index in [0.717, 1.165) is 0 Å². The first kappa shape index (κ1) is 15.3. The summed E-state index contributed by atoms with van der Waals surface area (Å²) in [5.74, 6) is 0.322. The third-order valence-corrected chi connectivity index (χ3v) is 0.756. The van der Waals surface area contributed by atoms with Crippen LogP contribution in [0.1, 0.15) is 0 Å². The van der Waals surface area contributed by atoms with Crippen LogP contribution in [0.5, 0.6) is 5.75 Å². The molecule has 0 amide bonds. The number of hydrogen-bond donors (Lipinski definition) is 2. The Balaban J connectivity index is 0. The minimum atomic E-state index is -5.17. The molecule has 0 aliphatic rings. The van der Waals surface area contributed by atoms with Gasteiger partial charge in [0.25, 0.3) is 0 Å². The van der Waals surface area contributed by atoms with Crippen LogP contribution in [0.25, 0.3) is 0 Å². The van der Waals surface area contributed by atoms with Crippen molar-refractivity contribution in [2.75, 3.05) is 7.05 Å².